The van der Waals surface area contributed by atoms with Gasteiger partial charge in [0, 0.05) is 30.9 Å². The molecule has 0 spiro atoms. The molecule has 0 aliphatic carbocycles. The summed E-state index contributed by atoms with van der Waals surface area (Å²) in [7, 11) is 0. The van der Waals surface area contributed by atoms with Crippen LogP contribution in [0.3, 0.4) is 0 Å². The molecular formula is C23H39N3O5. The minimum absolute atomic E-state index is 0.257. The van der Waals surface area contributed by atoms with Gasteiger partial charge in [-0.05, 0) is 66.7 Å². The lowest BCUT2D eigenvalue weighted by molar-refractivity contribution is -0.242. The topological polar surface area (TPSA) is 93.2 Å². The highest BCUT2D eigenvalue weighted by atomic mass is 16.6. The Bertz CT molecular complexity index is 719. The number of hydrogen-bond acceptors (Lipinski definition) is 7. The number of aliphatic hydroxyl groups excluding tert-OH is 1. The number of aliphatic hydroxyl groups is 1. The Hall–Kier alpha value is -1.90. The highest BCUT2D eigenvalue weighted by Gasteiger charge is 2.29. The van der Waals surface area contributed by atoms with Gasteiger partial charge < -0.3 is 19.3 Å². The molecule has 1 fully saturated rings. The second kappa shape index (κ2) is 10.6. The van der Waals surface area contributed by atoms with Crippen LogP contribution in [0, 0.1) is 0 Å². The van der Waals surface area contributed by atoms with E-state index in [1.54, 1.807) is 12.3 Å². The number of rotatable bonds is 7. The average Bonchev–Trinajstić information content (AvgIpc) is 2.63. The van der Waals surface area contributed by atoms with E-state index in [1.807, 2.05) is 46.4 Å². The van der Waals surface area contributed by atoms with Crippen molar-refractivity contribution in [3.05, 3.63) is 17.8 Å². The number of carbonyl (C=O) groups is 1. The van der Waals surface area contributed by atoms with Crippen molar-refractivity contribution in [2.24, 2.45) is 0 Å². The standard InChI is InChI=1S/C23H39N3O5/c1-8-13-29-18-14-19(25-20(27)30-22(2,3)4)24-15-17(18)16-9-11-26(12-10-16)21(28)31-23(5,6)7/h14-16,21,28H,8-13H2,1-7H3,(H,24,25,27). The van der Waals surface area contributed by atoms with Crippen LogP contribution in [0.2, 0.25) is 0 Å². The van der Waals surface area contributed by atoms with Gasteiger partial charge in [0.25, 0.3) is 0 Å². The highest BCUT2D eigenvalue weighted by molar-refractivity contribution is 5.83. The lowest BCUT2D eigenvalue weighted by atomic mass is 9.90. The smallest absolute Gasteiger partial charge is 0.413 e. The Morgan fingerprint density at radius 2 is 1.87 bits per heavy atom. The van der Waals surface area contributed by atoms with Gasteiger partial charge in [0.05, 0.1) is 12.2 Å². The fourth-order valence-corrected chi connectivity index (χ4v) is 3.39. The minimum Gasteiger partial charge on any atom is -0.493 e. The largest absolute Gasteiger partial charge is 0.493 e. The maximum atomic E-state index is 12.1. The maximum Gasteiger partial charge on any atom is 0.413 e. The van der Waals surface area contributed by atoms with Gasteiger partial charge in [-0.25, -0.2) is 9.78 Å². The molecule has 1 amide bonds. The summed E-state index contributed by atoms with van der Waals surface area (Å²) < 4.78 is 17.0. The molecule has 1 saturated heterocycles. The van der Waals surface area contributed by atoms with Gasteiger partial charge in [0.15, 0.2) is 0 Å². The van der Waals surface area contributed by atoms with Gasteiger partial charge in [-0.2, -0.15) is 0 Å². The quantitative estimate of drug-likeness (QED) is 0.607. The first-order valence-corrected chi connectivity index (χ1v) is 11.1. The zero-order valence-electron chi connectivity index (χ0n) is 20.0. The van der Waals surface area contributed by atoms with Crippen molar-refractivity contribution in [2.45, 2.75) is 91.3 Å². The van der Waals surface area contributed by atoms with Crippen LogP contribution >= 0.6 is 0 Å². The number of amides is 1. The minimum atomic E-state index is -0.907. The van der Waals surface area contributed by atoms with E-state index < -0.39 is 23.7 Å². The van der Waals surface area contributed by atoms with Gasteiger partial charge in [0.2, 0.25) is 6.41 Å². The van der Waals surface area contributed by atoms with E-state index in [9.17, 15) is 9.90 Å². The van der Waals surface area contributed by atoms with Crippen molar-refractivity contribution in [1.82, 2.24) is 9.88 Å². The summed E-state index contributed by atoms with van der Waals surface area (Å²) in [6, 6.07) is 1.76. The number of carbonyl (C=O) groups excluding carboxylic acids is 1. The Balaban J connectivity index is 2.07. The predicted octanol–water partition coefficient (Wildman–Crippen LogP) is 4.49. The second-order valence-electron chi connectivity index (χ2n) is 9.95. The summed E-state index contributed by atoms with van der Waals surface area (Å²) in [5.74, 6) is 1.39. The van der Waals surface area contributed by atoms with E-state index in [0.29, 0.717) is 25.5 Å². The number of anilines is 1. The average molecular weight is 438 g/mol. The summed E-state index contributed by atoms with van der Waals surface area (Å²) in [4.78, 5) is 18.4. The molecule has 1 unspecified atom stereocenters. The molecule has 0 bridgehead atoms. The van der Waals surface area contributed by atoms with Crippen molar-refractivity contribution in [3.8, 4) is 5.75 Å². The molecule has 0 aromatic carbocycles. The van der Waals surface area contributed by atoms with E-state index in [1.165, 1.54) is 0 Å². The summed E-state index contributed by atoms with van der Waals surface area (Å²) in [5, 5.41) is 13.0. The summed E-state index contributed by atoms with van der Waals surface area (Å²) >= 11 is 0. The Labute approximate surface area is 186 Å². The molecule has 1 aromatic rings. The van der Waals surface area contributed by atoms with Crippen molar-refractivity contribution in [1.29, 1.82) is 0 Å². The van der Waals surface area contributed by atoms with Gasteiger partial charge in [0.1, 0.15) is 17.2 Å². The first kappa shape index (κ1) is 25.4. The molecule has 2 rings (SSSR count). The van der Waals surface area contributed by atoms with Crippen molar-refractivity contribution in [3.63, 3.8) is 0 Å². The Morgan fingerprint density at radius 1 is 1.23 bits per heavy atom. The maximum absolute atomic E-state index is 12.1. The molecule has 1 atom stereocenters. The van der Waals surface area contributed by atoms with Gasteiger partial charge >= 0.3 is 6.09 Å². The number of nitrogens with zero attached hydrogens (tertiary/aromatic N) is 2. The van der Waals surface area contributed by atoms with E-state index in [2.05, 4.69) is 17.2 Å². The zero-order chi connectivity index (χ0) is 23.2. The van der Waals surface area contributed by atoms with Gasteiger partial charge in [-0.15, -0.1) is 0 Å². The molecule has 8 heteroatoms. The molecule has 0 saturated carbocycles. The van der Waals surface area contributed by atoms with Crippen LogP contribution in [0.4, 0.5) is 10.6 Å². The number of nitrogens with one attached hydrogen (secondary N) is 1. The molecule has 0 radical (unpaired) electrons. The summed E-state index contributed by atoms with van der Waals surface area (Å²) in [5.41, 5.74) is 0.0353. The van der Waals surface area contributed by atoms with E-state index in [-0.39, 0.29) is 5.92 Å². The van der Waals surface area contributed by atoms with Crippen LogP contribution in [0.25, 0.3) is 0 Å². The lowest BCUT2D eigenvalue weighted by Crippen LogP contribution is -2.45. The fraction of sp³-hybridized carbons (Fsp3) is 0.739. The van der Waals surface area contributed by atoms with Crippen molar-refractivity contribution >= 4 is 11.9 Å². The van der Waals surface area contributed by atoms with Crippen LogP contribution in [0.15, 0.2) is 12.3 Å². The molecule has 176 valence electrons. The summed E-state index contributed by atoms with van der Waals surface area (Å²) in [6.45, 7) is 15.3. The van der Waals surface area contributed by atoms with Crippen LogP contribution in [-0.4, -0.2) is 58.4 Å². The number of likely N-dealkylation sites (tertiary alicyclic amines) is 1. The third-order valence-corrected chi connectivity index (χ3v) is 4.73. The third-order valence-electron chi connectivity index (χ3n) is 4.73. The molecule has 1 aromatic heterocycles. The fourth-order valence-electron chi connectivity index (χ4n) is 3.39. The molecule has 2 N–H and O–H groups in total. The number of piperidine rings is 1. The van der Waals surface area contributed by atoms with Crippen LogP contribution in [0.5, 0.6) is 5.75 Å². The van der Waals surface area contributed by atoms with Gasteiger partial charge in [-0.1, -0.05) is 6.92 Å². The van der Waals surface area contributed by atoms with E-state index in [0.717, 1.165) is 30.6 Å². The molecular weight excluding hydrogens is 398 g/mol. The second-order valence-corrected chi connectivity index (χ2v) is 9.95. The molecule has 1 aliphatic heterocycles. The normalized spacial score (nSPS) is 17.3. The summed E-state index contributed by atoms with van der Waals surface area (Å²) in [6.07, 6.45) is 2.91. The monoisotopic (exact) mass is 437 g/mol. The van der Waals surface area contributed by atoms with Crippen LogP contribution in [-0.2, 0) is 9.47 Å². The third kappa shape index (κ3) is 8.63. The predicted molar refractivity (Wildman–Crippen MR) is 120 cm³/mol. The van der Waals surface area contributed by atoms with Gasteiger partial charge in [-0.3, -0.25) is 10.2 Å². The molecule has 1 aliphatic rings. The number of ether oxygens (including phenoxy) is 3. The van der Waals surface area contributed by atoms with E-state index >= 15 is 0 Å². The zero-order valence-corrected chi connectivity index (χ0v) is 20.0. The molecule has 31 heavy (non-hydrogen) atoms. The number of hydrogen-bond donors (Lipinski definition) is 2. The molecule has 8 nitrogen and oxygen atoms in total. The SMILES string of the molecule is CCCOc1cc(NC(=O)OC(C)(C)C)ncc1C1CCN(C(O)OC(C)(C)C)CC1. The number of pyridine rings is 1. The Kier molecular flexibility index (Phi) is 8.68. The first-order chi connectivity index (χ1) is 14.4. The number of aromatic nitrogens is 1. The van der Waals surface area contributed by atoms with Crippen molar-refractivity contribution < 1.29 is 24.1 Å². The van der Waals surface area contributed by atoms with E-state index in [4.69, 9.17) is 14.2 Å². The molecule has 2 heterocycles. The first-order valence-electron chi connectivity index (χ1n) is 11.1. The highest BCUT2D eigenvalue weighted by Crippen LogP contribution is 2.36. The van der Waals surface area contributed by atoms with Crippen LogP contribution in [0.1, 0.15) is 79.2 Å². The van der Waals surface area contributed by atoms with Crippen molar-refractivity contribution in [2.75, 3.05) is 25.0 Å². The Morgan fingerprint density at radius 3 is 2.42 bits per heavy atom. The van der Waals surface area contributed by atoms with Crippen LogP contribution < -0.4 is 10.1 Å². The lowest BCUT2D eigenvalue weighted by Gasteiger charge is -2.37.